The van der Waals surface area contributed by atoms with Crippen molar-refractivity contribution < 1.29 is 9.52 Å². The Kier molecular flexibility index (Phi) is 3.71. The maximum Gasteiger partial charge on any atom is 0.336 e. The highest BCUT2D eigenvalue weighted by atomic mass is 32.2. The van der Waals surface area contributed by atoms with Gasteiger partial charge in [0.05, 0.1) is 0 Å². The van der Waals surface area contributed by atoms with Crippen molar-refractivity contribution in [3.8, 4) is 5.75 Å². The molecule has 1 N–H and O–H groups in total. The van der Waals surface area contributed by atoms with Crippen LogP contribution in [-0.2, 0) is 5.75 Å². The lowest BCUT2D eigenvalue weighted by atomic mass is 10.1. The van der Waals surface area contributed by atoms with E-state index in [1.165, 1.54) is 6.07 Å². The van der Waals surface area contributed by atoms with Crippen molar-refractivity contribution in [2.24, 2.45) is 0 Å². The van der Waals surface area contributed by atoms with Crippen LogP contribution in [0.2, 0.25) is 0 Å². The Bertz CT molecular complexity index is 852. The Balaban J connectivity index is 1.95. The molecule has 0 aliphatic rings. The van der Waals surface area contributed by atoms with E-state index in [9.17, 15) is 9.90 Å². The molecule has 0 unspecified atom stereocenters. The van der Waals surface area contributed by atoms with Crippen molar-refractivity contribution in [1.29, 1.82) is 0 Å². The van der Waals surface area contributed by atoms with Gasteiger partial charge in [-0.05, 0) is 42.3 Å². The summed E-state index contributed by atoms with van der Waals surface area (Å²) in [4.78, 5) is 12.6. The lowest BCUT2D eigenvalue weighted by Crippen LogP contribution is -2.00. The first kappa shape index (κ1) is 13.8. The van der Waals surface area contributed by atoms with Crippen molar-refractivity contribution in [2.45, 2.75) is 17.6 Å². The van der Waals surface area contributed by atoms with Gasteiger partial charge in [0.1, 0.15) is 11.3 Å². The number of hydrogen-bond donors (Lipinski definition) is 1. The Hall–Kier alpha value is -2.20. The van der Waals surface area contributed by atoms with E-state index in [2.05, 4.69) is 0 Å². The van der Waals surface area contributed by atoms with E-state index < -0.39 is 0 Å². The lowest BCUT2D eigenvalue weighted by Gasteiger charge is -2.06. The summed E-state index contributed by atoms with van der Waals surface area (Å²) < 4.78 is 5.25. The number of thioether (sulfide) groups is 1. The largest absolute Gasteiger partial charge is 0.508 e. The summed E-state index contributed by atoms with van der Waals surface area (Å²) in [7, 11) is 0. The SMILES string of the molecule is Cc1ccc2c(CSc3cccc(O)c3)cc(=O)oc2c1. The van der Waals surface area contributed by atoms with Crippen LogP contribution in [0.3, 0.4) is 0 Å². The second-order valence-electron chi connectivity index (χ2n) is 4.88. The minimum atomic E-state index is -0.334. The van der Waals surface area contributed by atoms with Crippen LogP contribution in [0.15, 0.2) is 62.6 Å². The Labute approximate surface area is 126 Å². The minimum Gasteiger partial charge on any atom is -0.508 e. The molecule has 0 aliphatic carbocycles. The average Bonchev–Trinajstić information content (AvgIpc) is 2.44. The fourth-order valence-corrected chi connectivity index (χ4v) is 3.13. The molecule has 3 rings (SSSR count). The predicted molar refractivity (Wildman–Crippen MR) is 84.9 cm³/mol. The van der Waals surface area contributed by atoms with Crippen LogP contribution in [-0.4, -0.2) is 5.11 Å². The highest BCUT2D eigenvalue weighted by Gasteiger charge is 2.07. The molecular formula is C17H14O3S. The highest BCUT2D eigenvalue weighted by molar-refractivity contribution is 7.98. The maximum atomic E-state index is 11.7. The molecule has 0 radical (unpaired) electrons. The van der Waals surface area contributed by atoms with Gasteiger partial charge in [-0.1, -0.05) is 18.2 Å². The van der Waals surface area contributed by atoms with Gasteiger partial charge in [-0.25, -0.2) is 4.79 Å². The summed E-state index contributed by atoms with van der Waals surface area (Å²) >= 11 is 1.57. The van der Waals surface area contributed by atoms with Crippen molar-refractivity contribution in [3.05, 3.63) is 70.1 Å². The molecule has 3 aromatic rings. The average molecular weight is 298 g/mol. The molecule has 21 heavy (non-hydrogen) atoms. The molecule has 0 atom stereocenters. The number of rotatable bonds is 3. The molecule has 106 valence electrons. The first-order chi connectivity index (χ1) is 10.1. The molecule has 0 bridgehead atoms. The second kappa shape index (κ2) is 5.66. The first-order valence-corrected chi connectivity index (χ1v) is 7.55. The van der Waals surface area contributed by atoms with E-state index in [0.717, 1.165) is 21.4 Å². The van der Waals surface area contributed by atoms with Gasteiger partial charge in [0, 0.05) is 22.1 Å². The van der Waals surface area contributed by atoms with E-state index >= 15 is 0 Å². The molecule has 0 saturated heterocycles. The zero-order valence-electron chi connectivity index (χ0n) is 11.5. The van der Waals surface area contributed by atoms with Gasteiger partial charge >= 0.3 is 5.63 Å². The number of phenols is 1. The molecule has 0 fully saturated rings. The molecule has 1 aromatic heterocycles. The number of phenolic OH excluding ortho intramolecular Hbond substituents is 1. The van der Waals surface area contributed by atoms with Crippen LogP contribution in [0.25, 0.3) is 11.0 Å². The van der Waals surface area contributed by atoms with Crippen LogP contribution in [0.4, 0.5) is 0 Å². The van der Waals surface area contributed by atoms with Gasteiger partial charge in [0.2, 0.25) is 0 Å². The molecule has 0 aliphatic heterocycles. The fraction of sp³-hybridized carbons (Fsp3) is 0.118. The number of aromatic hydroxyl groups is 1. The number of fused-ring (bicyclic) bond motifs is 1. The highest BCUT2D eigenvalue weighted by Crippen LogP contribution is 2.28. The van der Waals surface area contributed by atoms with Crippen LogP contribution in [0.1, 0.15) is 11.1 Å². The number of benzene rings is 2. The molecule has 0 saturated carbocycles. The molecule has 0 amide bonds. The van der Waals surface area contributed by atoms with Gasteiger partial charge < -0.3 is 9.52 Å². The normalized spacial score (nSPS) is 10.9. The van der Waals surface area contributed by atoms with Gasteiger partial charge in [-0.3, -0.25) is 0 Å². The summed E-state index contributed by atoms with van der Waals surface area (Å²) in [5.41, 5.74) is 2.28. The van der Waals surface area contributed by atoms with Crippen LogP contribution in [0, 0.1) is 6.92 Å². The number of hydrogen-bond acceptors (Lipinski definition) is 4. The van der Waals surface area contributed by atoms with Crippen LogP contribution in [0.5, 0.6) is 5.75 Å². The molecule has 4 heteroatoms. The van der Waals surface area contributed by atoms with Crippen molar-refractivity contribution in [2.75, 3.05) is 0 Å². The monoisotopic (exact) mass is 298 g/mol. The predicted octanol–water partition coefficient (Wildman–Crippen LogP) is 4.10. The van der Waals surface area contributed by atoms with Crippen LogP contribution < -0.4 is 5.63 Å². The van der Waals surface area contributed by atoms with Gasteiger partial charge in [0.15, 0.2) is 0 Å². The van der Waals surface area contributed by atoms with Gasteiger partial charge in [-0.2, -0.15) is 0 Å². The fourth-order valence-electron chi connectivity index (χ4n) is 2.19. The Morgan fingerprint density at radius 1 is 1.14 bits per heavy atom. The molecule has 1 heterocycles. The lowest BCUT2D eigenvalue weighted by molar-refractivity contribution is 0.474. The third kappa shape index (κ3) is 3.11. The zero-order valence-corrected chi connectivity index (χ0v) is 12.3. The maximum absolute atomic E-state index is 11.7. The molecule has 0 spiro atoms. The van der Waals surface area contributed by atoms with E-state index in [1.807, 2.05) is 31.2 Å². The van der Waals surface area contributed by atoms with Crippen molar-refractivity contribution in [1.82, 2.24) is 0 Å². The number of aryl methyl sites for hydroxylation is 1. The molecule has 3 nitrogen and oxygen atoms in total. The molecule has 2 aromatic carbocycles. The zero-order chi connectivity index (χ0) is 14.8. The van der Waals surface area contributed by atoms with E-state index in [1.54, 1.807) is 30.0 Å². The van der Waals surface area contributed by atoms with Gasteiger partial charge in [0.25, 0.3) is 0 Å². The first-order valence-electron chi connectivity index (χ1n) is 6.57. The van der Waals surface area contributed by atoms with E-state index in [4.69, 9.17) is 4.42 Å². The third-order valence-corrected chi connectivity index (χ3v) is 4.24. The van der Waals surface area contributed by atoms with Gasteiger partial charge in [-0.15, -0.1) is 11.8 Å². The minimum absolute atomic E-state index is 0.244. The quantitative estimate of drug-likeness (QED) is 0.584. The van der Waals surface area contributed by atoms with Crippen molar-refractivity contribution >= 4 is 22.7 Å². The third-order valence-electron chi connectivity index (χ3n) is 3.20. The standard InChI is InChI=1S/C17H14O3S/c1-11-5-6-15-12(8-17(19)20-16(15)7-11)10-21-14-4-2-3-13(18)9-14/h2-9,18H,10H2,1H3. The van der Waals surface area contributed by atoms with E-state index in [0.29, 0.717) is 11.3 Å². The Morgan fingerprint density at radius 2 is 2.00 bits per heavy atom. The van der Waals surface area contributed by atoms with Crippen LogP contribution >= 0.6 is 11.8 Å². The van der Waals surface area contributed by atoms with Crippen molar-refractivity contribution in [3.63, 3.8) is 0 Å². The smallest absolute Gasteiger partial charge is 0.336 e. The molecular weight excluding hydrogens is 284 g/mol. The summed E-state index contributed by atoms with van der Waals surface area (Å²) in [6.07, 6.45) is 0. The summed E-state index contributed by atoms with van der Waals surface area (Å²) in [6, 6.07) is 14.5. The summed E-state index contributed by atoms with van der Waals surface area (Å²) in [5.74, 6) is 0.891. The summed E-state index contributed by atoms with van der Waals surface area (Å²) in [6.45, 7) is 1.97. The van der Waals surface area contributed by atoms with E-state index in [-0.39, 0.29) is 11.4 Å². The summed E-state index contributed by atoms with van der Waals surface area (Å²) in [5, 5.41) is 10.4. The Morgan fingerprint density at radius 3 is 2.81 bits per heavy atom. The topological polar surface area (TPSA) is 50.4 Å². The second-order valence-corrected chi connectivity index (χ2v) is 5.93.